The van der Waals surface area contributed by atoms with Crippen molar-refractivity contribution in [3.8, 4) is 11.8 Å². The molecule has 0 amide bonds. The summed E-state index contributed by atoms with van der Waals surface area (Å²) in [5.74, 6) is 0.741. The Bertz CT molecular complexity index is 335. The first-order valence-corrected chi connectivity index (χ1v) is 4.47. The second kappa shape index (κ2) is 4.12. The molecule has 0 aromatic heterocycles. The molecule has 0 bridgehead atoms. The normalized spacial score (nSPS) is 14.1. The average molecular weight is 191 g/mol. The summed E-state index contributed by atoms with van der Waals surface area (Å²) in [6.07, 6.45) is 0. The first kappa shape index (κ1) is 10.6. The minimum Gasteiger partial charge on any atom is -0.494 e. The van der Waals surface area contributed by atoms with E-state index in [-0.39, 0.29) is 0 Å². The van der Waals surface area contributed by atoms with E-state index >= 15 is 0 Å². The van der Waals surface area contributed by atoms with Gasteiger partial charge in [0.2, 0.25) is 0 Å². The maximum atomic E-state index is 9.61. The lowest BCUT2D eigenvalue weighted by atomic mass is 9.98. The molecule has 0 radical (unpaired) electrons. The number of hydrogen-bond acceptors (Lipinski definition) is 3. The molecular formula is C11H13NO2. The largest absolute Gasteiger partial charge is 0.494 e. The second-order valence-corrected chi connectivity index (χ2v) is 3.14. The van der Waals surface area contributed by atoms with Crippen LogP contribution in [-0.2, 0) is 5.60 Å². The molecular weight excluding hydrogens is 178 g/mol. The van der Waals surface area contributed by atoms with Gasteiger partial charge in [-0.15, -0.1) is 0 Å². The van der Waals surface area contributed by atoms with E-state index in [2.05, 4.69) is 0 Å². The molecule has 1 rings (SSSR count). The van der Waals surface area contributed by atoms with Gasteiger partial charge in [-0.3, -0.25) is 0 Å². The predicted octanol–water partition coefficient (Wildman–Crippen LogP) is 1.82. The van der Waals surface area contributed by atoms with Crippen LogP contribution in [0.2, 0.25) is 0 Å². The molecule has 0 saturated heterocycles. The zero-order valence-electron chi connectivity index (χ0n) is 8.32. The monoisotopic (exact) mass is 191 g/mol. The van der Waals surface area contributed by atoms with Gasteiger partial charge in [-0.2, -0.15) is 5.26 Å². The van der Waals surface area contributed by atoms with Crippen LogP contribution in [0.25, 0.3) is 0 Å². The van der Waals surface area contributed by atoms with Crippen LogP contribution in [0, 0.1) is 11.3 Å². The molecule has 1 atom stereocenters. The number of rotatable bonds is 3. The molecule has 1 aromatic rings. The van der Waals surface area contributed by atoms with E-state index in [1.807, 2.05) is 13.0 Å². The topological polar surface area (TPSA) is 53.2 Å². The summed E-state index contributed by atoms with van der Waals surface area (Å²) < 4.78 is 5.24. The van der Waals surface area contributed by atoms with Crippen LogP contribution < -0.4 is 4.74 Å². The molecule has 0 saturated carbocycles. The van der Waals surface area contributed by atoms with E-state index in [9.17, 15) is 5.11 Å². The van der Waals surface area contributed by atoms with E-state index in [1.165, 1.54) is 6.92 Å². The number of nitrogens with zero attached hydrogens (tertiary/aromatic N) is 1. The summed E-state index contributed by atoms with van der Waals surface area (Å²) in [5, 5.41) is 18.3. The lowest BCUT2D eigenvalue weighted by Crippen LogP contribution is -2.17. The summed E-state index contributed by atoms with van der Waals surface area (Å²) in [5.41, 5.74) is -0.853. The van der Waals surface area contributed by atoms with Crippen LogP contribution in [0.4, 0.5) is 0 Å². The van der Waals surface area contributed by atoms with Crippen LogP contribution in [0.5, 0.6) is 5.75 Å². The molecule has 0 heterocycles. The SMILES string of the molecule is CCOc1ccc(C(C)(O)C#N)cc1. The highest BCUT2D eigenvalue weighted by Gasteiger charge is 2.21. The van der Waals surface area contributed by atoms with E-state index in [0.717, 1.165) is 5.75 Å². The summed E-state index contributed by atoms with van der Waals surface area (Å²) in [4.78, 5) is 0. The third-order valence-electron chi connectivity index (χ3n) is 1.95. The zero-order valence-corrected chi connectivity index (χ0v) is 8.32. The third kappa shape index (κ3) is 2.24. The molecule has 0 aliphatic carbocycles. The first-order chi connectivity index (χ1) is 6.60. The molecule has 3 nitrogen and oxygen atoms in total. The maximum Gasteiger partial charge on any atom is 0.173 e. The van der Waals surface area contributed by atoms with Gasteiger partial charge in [-0.1, -0.05) is 12.1 Å². The highest BCUT2D eigenvalue weighted by molar-refractivity contribution is 5.33. The first-order valence-electron chi connectivity index (χ1n) is 4.47. The Kier molecular flexibility index (Phi) is 3.10. The van der Waals surface area contributed by atoms with Gasteiger partial charge in [-0.05, 0) is 31.5 Å². The van der Waals surface area contributed by atoms with Crippen molar-refractivity contribution in [3.63, 3.8) is 0 Å². The Hall–Kier alpha value is -1.53. The van der Waals surface area contributed by atoms with Gasteiger partial charge in [0.05, 0.1) is 6.61 Å². The van der Waals surface area contributed by atoms with Crippen molar-refractivity contribution in [2.75, 3.05) is 6.61 Å². The Labute approximate surface area is 83.6 Å². The van der Waals surface area contributed by atoms with Crippen LogP contribution >= 0.6 is 0 Å². The van der Waals surface area contributed by atoms with Crippen LogP contribution in [-0.4, -0.2) is 11.7 Å². The summed E-state index contributed by atoms with van der Waals surface area (Å²) in [6.45, 7) is 3.97. The number of aliphatic hydroxyl groups is 1. The van der Waals surface area contributed by atoms with Crippen molar-refractivity contribution in [2.24, 2.45) is 0 Å². The molecule has 1 aromatic carbocycles. The van der Waals surface area contributed by atoms with Gasteiger partial charge >= 0.3 is 0 Å². The van der Waals surface area contributed by atoms with Crippen molar-refractivity contribution in [1.29, 1.82) is 5.26 Å². The summed E-state index contributed by atoms with van der Waals surface area (Å²) in [7, 11) is 0. The van der Waals surface area contributed by atoms with Gasteiger partial charge in [-0.25, -0.2) is 0 Å². The molecule has 3 heteroatoms. The Morgan fingerprint density at radius 3 is 2.43 bits per heavy atom. The van der Waals surface area contributed by atoms with Crippen LogP contribution in [0.3, 0.4) is 0 Å². The second-order valence-electron chi connectivity index (χ2n) is 3.14. The molecule has 14 heavy (non-hydrogen) atoms. The van der Waals surface area contributed by atoms with Crippen molar-refractivity contribution < 1.29 is 9.84 Å². The number of hydrogen-bond donors (Lipinski definition) is 1. The molecule has 74 valence electrons. The summed E-state index contributed by atoms with van der Waals surface area (Å²) in [6, 6.07) is 8.68. The van der Waals surface area contributed by atoms with Crippen molar-refractivity contribution >= 4 is 0 Å². The fourth-order valence-corrected chi connectivity index (χ4v) is 1.11. The molecule has 0 aliphatic rings. The van der Waals surface area contributed by atoms with Gasteiger partial charge in [0.15, 0.2) is 5.60 Å². The Morgan fingerprint density at radius 1 is 1.43 bits per heavy atom. The number of nitriles is 1. The highest BCUT2D eigenvalue weighted by Crippen LogP contribution is 2.22. The molecule has 0 fully saturated rings. The maximum absolute atomic E-state index is 9.61. The van der Waals surface area contributed by atoms with E-state index < -0.39 is 5.60 Å². The van der Waals surface area contributed by atoms with Crippen molar-refractivity contribution in [1.82, 2.24) is 0 Å². The molecule has 0 spiro atoms. The Balaban J connectivity index is 2.90. The number of benzene rings is 1. The molecule has 0 aliphatic heterocycles. The third-order valence-corrected chi connectivity index (χ3v) is 1.95. The fraction of sp³-hybridized carbons (Fsp3) is 0.364. The zero-order chi connectivity index (χ0) is 10.6. The lowest BCUT2D eigenvalue weighted by Gasteiger charge is -2.14. The minimum atomic E-state index is -1.43. The highest BCUT2D eigenvalue weighted by atomic mass is 16.5. The quantitative estimate of drug-likeness (QED) is 0.741. The van der Waals surface area contributed by atoms with E-state index in [4.69, 9.17) is 10.00 Å². The lowest BCUT2D eigenvalue weighted by molar-refractivity contribution is 0.119. The average Bonchev–Trinajstić information content (AvgIpc) is 2.19. The summed E-state index contributed by atoms with van der Waals surface area (Å²) >= 11 is 0. The van der Waals surface area contributed by atoms with Gasteiger partial charge < -0.3 is 9.84 Å². The van der Waals surface area contributed by atoms with Crippen molar-refractivity contribution in [2.45, 2.75) is 19.4 Å². The molecule has 1 N–H and O–H groups in total. The fourth-order valence-electron chi connectivity index (χ4n) is 1.11. The molecule has 1 unspecified atom stereocenters. The standard InChI is InChI=1S/C11H13NO2/c1-3-14-10-6-4-9(5-7-10)11(2,13)8-12/h4-7,13H,3H2,1-2H3. The number of ether oxygens (including phenoxy) is 1. The van der Waals surface area contributed by atoms with Crippen LogP contribution in [0.1, 0.15) is 19.4 Å². The van der Waals surface area contributed by atoms with Gasteiger partial charge in [0.1, 0.15) is 11.8 Å². The van der Waals surface area contributed by atoms with Gasteiger partial charge in [0, 0.05) is 0 Å². The predicted molar refractivity (Wildman–Crippen MR) is 52.8 cm³/mol. The van der Waals surface area contributed by atoms with Gasteiger partial charge in [0.25, 0.3) is 0 Å². The van der Waals surface area contributed by atoms with E-state index in [1.54, 1.807) is 24.3 Å². The Morgan fingerprint density at radius 2 is 2.00 bits per heavy atom. The minimum absolute atomic E-state index is 0.573. The van der Waals surface area contributed by atoms with Crippen molar-refractivity contribution in [3.05, 3.63) is 29.8 Å². The van der Waals surface area contributed by atoms with Crippen LogP contribution in [0.15, 0.2) is 24.3 Å². The smallest absolute Gasteiger partial charge is 0.173 e. The van der Waals surface area contributed by atoms with E-state index in [0.29, 0.717) is 12.2 Å².